The van der Waals surface area contributed by atoms with Crippen LogP contribution < -0.4 is 5.32 Å². The van der Waals surface area contributed by atoms with Crippen molar-refractivity contribution in [2.24, 2.45) is 0 Å². The van der Waals surface area contributed by atoms with Crippen LogP contribution in [0.4, 0.5) is 5.69 Å². The van der Waals surface area contributed by atoms with Gasteiger partial charge in [0.25, 0.3) is 5.91 Å². The molecule has 136 valence electrons. The van der Waals surface area contributed by atoms with E-state index in [1.54, 1.807) is 0 Å². The summed E-state index contributed by atoms with van der Waals surface area (Å²) in [5.74, 6) is 0.633. The summed E-state index contributed by atoms with van der Waals surface area (Å²) in [6.07, 6.45) is 0. The maximum Gasteiger partial charge on any atom is 0.276 e. The van der Waals surface area contributed by atoms with Crippen molar-refractivity contribution in [1.29, 1.82) is 0 Å². The highest BCUT2D eigenvalue weighted by atomic mass is 16.5. The Hall–Kier alpha value is -2.71. The van der Waals surface area contributed by atoms with Crippen molar-refractivity contribution in [3.8, 4) is 0 Å². The van der Waals surface area contributed by atoms with Crippen LogP contribution in [0.25, 0.3) is 11.0 Å². The average molecular weight is 354 g/mol. The van der Waals surface area contributed by atoms with Gasteiger partial charge in [-0.05, 0) is 46.1 Å². The quantitative estimate of drug-likeness (QED) is 0.668. The predicted molar refractivity (Wildman–Crippen MR) is 97.8 cm³/mol. The number of aromatic amines is 2. The summed E-state index contributed by atoms with van der Waals surface area (Å²) in [5.41, 5.74) is 4.06. The Morgan fingerprint density at radius 3 is 2.96 bits per heavy atom. The van der Waals surface area contributed by atoms with E-state index < -0.39 is 5.60 Å². The molecular weight excluding hydrogens is 332 g/mol. The molecule has 0 saturated heterocycles. The van der Waals surface area contributed by atoms with Gasteiger partial charge in [-0.2, -0.15) is 5.10 Å². The summed E-state index contributed by atoms with van der Waals surface area (Å²) in [6, 6.07) is 5.61. The predicted octanol–water partition coefficient (Wildman–Crippen LogP) is 2.37. The normalized spacial score (nSPS) is 15.6. The van der Waals surface area contributed by atoms with Crippen LogP contribution in [0.2, 0.25) is 0 Å². The van der Waals surface area contributed by atoms with Gasteiger partial charge in [0.05, 0.1) is 29.9 Å². The number of anilines is 1. The number of carbonyl (C=O) groups is 1. The highest BCUT2D eigenvalue weighted by Crippen LogP contribution is 2.35. The fraction of sp³-hybridized carbons (Fsp3) is 0.389. The smallest absolute Gasteiger partial charge is 0.276 e. The van der Waals surface area contributed by atoms with Crippen molar-refractivity contribution in [2.75, 3.05) is 19.4 Å². The molecule has 4 rings (SSSR count). The molecule has 1 aliphatic heterocycles. The summed E-state index contributed by atoms with van der Waals surface area (Å²) >= 11 is 0. The summed E-state index contributed by atoms with van der Waals surface area (Å²) in [4.78, 5) is 22.5. The zero-order chi connectivity index (χ0) is 18.5. The molecule has 3 N–H and O–H groups in total. The molecule has 26 heavy (non-hydrogen) atoms. The van der Waals surface area contributed by atoms with E-state index >= 15 is 0 Å². The van der Waals surface area contributed by atoms with Gasteiger partial charge in [0, 0.05) is 11.3 Å². The van der Waals surface area contributed by atoms with Crippen LogP contribution >= 0.6 is 0 Å². The second-order valence-corrected chi connectivity index (χ2v) is 7.33. The molecule has 0 saturated carbocycles. The number of rotatable bonds is 4. The first-order valence-corrected chi connectivity index (χ1v) is 8.50. The maximum absolute atomic E-state index is 12.7. The number of hydrogen-bond donors (Lipinski definition) is 3. The number of H-pyrrole nitrogens is 2. The first kappa shape index (κ1) is 16.7. The topological polar surface area (TPSA) is 98.9 Å². The molecular formula is C18H22N6O2. The largest absolute Gasteiger partial charge is 0.364 e. The van der Waals surface area contributed by atoms with E-state index in [9.17, 15) is 4.79 Å². The Morgan fingerprint density at radius 2 is 2.19 bits per heavy atom. The maximum atomic E-state index is 12.7. The molecule has 1 aromatic carbocycles. The number of amides is 1. The van der Waals surface area contributed by atoms with Crippen LogP contribution in [0.5, 0.6) is 0 Å². The van der Waals surface area contributed by atoms with Gasteiger partial charge in [-0.25, -0.2) is 4.98 Å². The van der Waals surface area contributed by atoms with Gasteiger partial charge in [-0.15, -0.1) is 0 Å². The van der Waals surface area contributed by atoms with Crippen molar-refractivity contribution in [1.82, 2.24) is 25.1 Å². The van der Waals surface area contributed by atoms with E-state index in [2.05, 4.69) is 25.5 Å². The third-order valence-electron chi connectivity index (χ3n) is 4.52. The first-order valence-electron chi connectivity index (χ1n) is 8.50. The van der Waals surface area contributed by atoms with Crippen LogP contribution in [-0.4, -0.2) is 45.1 Å². The zero-order valence-corrected chi connectivity index (χ0v) is 15.3. The fourth-order valence-electron chi connectivity index (χ4n) is 3.22. The van der Waals surface area contributed by atoms with Gasteiger partial charge >= 0.3 is 0 Å². The highest BCUT2D eigenvalue weighted by molar-refractivity contribution is 6.04. The van der Waals surface area contributed by atoms with Crippen LogP contribution in [0, 0.1) is 0 Å². The average Bonchev–Trinajstić information content (AvgIpc) is 3.21. The third kappa shape index (κ3) is 2.87. The van der Waals surface area contributed by atoms with Gasteiger partial charge in [0.2, 0.25) is 0 Å². The van der Waals surface area contributed by atoms with Crippen LogP contribution in [0.15, 0.2) is 18.2 Å². The lowest BCUT2D eigenvalue weighted by Gasteiger charge is -2.15. The number of imidazole rings is 1. The standard InChI is InChI=1S/C18H22N6O2/c1-18(2)16-11(9-26-18)15(22-23-16)17(25)19-10-5-6-12-13(7-10)21-14(20-12)8-24(3)4/h5-7H,8-9H2,1-4H3,(H,19,25)(H,20,21)(H,22,23). The summed E-state index contributed by atoms with van der Waals surface area (Å²) in [5, 5.41) is 10.0. The summed E-state index contributed by atoms with van der Waals surface area (Å²) < 4.78 is 5.72. The molecule has 0 atom stereocenters. The molecule has 1 aliphatic rings. The molecule has 0 spiro atoms. The first-order chi connectivity index (χ1) is 12.3. The molecule has 8 nitrogen and oxygen atoms in total. The molecule has 8 heteroatoms. The monoisotopic (exact) mass is 354 g/mol. The molecule has 3 aromatic rings. The lowest BCUT2D eigenvalue weighted by molar-refractivity contribution is -0.0114. The van der Waals surface area contributed by atoms with Crippen LogP contribution in [0.1, 0.15) is 41.4 Å². The van der Waals surface area contributed by atoms with Gasteiger partial charge in [0.15, 0.2) is 5.69 Å². The van der Waals surface area contributed by atoms with Crippen molar-refractivity contribution in [3.05, 3.63) is 41.0 Å². The number of fused-ring (bicyclic) bond motifs is 2. The third-order valence-corrected chi connectivity index (χ3v) is 4.52. The molecule has 3 heterocycles. The van der Waals surface area contributed by atoms with E-state index in [1.807, 2.05) is 51.0 Å². The molecule has 0 unspecified atom stereocenters. The molecule has 0 bridgehead atoms. The highest BCUT2D eigenvalue weighted by Gasteiger charge is 2.36. The van der Waals surface area contributed by atoms with E-state index in [4.69, 9.17) is 4.74 Å². The lowest BCUT2D eigenvalue weighted by atomic mass is 10.0. The minimum Gasteiger partial charge on any atom is -0.364 e. The van der Waals surface area contributed by atoms with Gasteiger partial charge in [-0.3, -0.25) is 9.89 Å². The second kappa shape index (κ2) is 5.93. The Morgan fingerprint density at radius 1 is 1.38 bits per heavy atom. The van der Waals surface area contributed by atoms with Gasteiger partial charge in [-0.1, -0.05) is 0 Å². The second-order valence-electron chi connectivity index (χ2n) is 7.33. The van der Waals surface area contributed by atoms with Gasteiger partial charge < -0.3 is 19.9 Å². The Labute approximate surface area is 150 Å². The van der Waals surface area contributed by atoms with Crippen molar-refractivity contribution < 1.29 is 9.53 Å². The number of benzene rings is 1. The number of ether oxygens (including phenoxy) is 1. The molecule has 0 aliphatic carbocycles. The number of nitrogens with zero attached hydrogens (tertiary/aromatic N) is 3. The lowest BCUT2D eigenvalue weighted by Crippen LogP contribution is -2.15. The van der Waals surface area contributed by atoms with E-state index in [1.165, 1.54) is 0 Å². The van der Waals surface area contributed by atoms with Crippen molar-refractivity contribution >= 4 is 22.6 Å². The van der Waals surface area contributed by atoms with Crippen molar-refractivity contribution in [3.63, 3.8) is 0 Å². The van der Waals surface area contributed by atoms with Crippen molar-refractivity contribution in [2.45, 2.75) is 32.6 Å². The number of aromatic nitrogens is 4. The minimum absolute atomic E-state index is 0.254. The Bertz CT molecular complexity index is 985. The Balaban J connectivity index is 1.57. The van der Waals surface area contributed by atoms with Crippen LogP contribution in [-0.2, 0) is 23.5 Å². The van der Waals surface area contributed by atoms with E-state index in [0.717, 1.165) is 34.7 Å². The number of nitrogens with one attached hydrogen (secondary N) is 3. The zero-order valence-electron chi connectivity index (χ0n) is 15.3. The van der Waals surface area contributed by atoms with E-state index in [-0.39, 0.29) is 5.91 Å². The molecule has 0 fully saturated rings. The summed E-state index contributed by atoms with van der Waals surface area (Å²) in [6.45, 7) is 5.02. The summed E-state index contributed by atoms with van der Waals surface area (Å²) in [7, 11) is 3.98. The van der Waals surface area contributed by atoms with Crippen LogP contribution in [0.3, 0.4) is 0 Å². The fourth-order valence-corrected chi connectivity index (χ4v) is 3.22. The molecule has 2 aromatic heterocycles. The Kier molecular flexibility index (Phi) is 3.82. The number of carbonyl (C=O) groups excluding carboxylic acids is 1. The molecule has 1 amide bonds. The minimum atomic E-state index is -0.446. The van der Waals surface area contributed by atoms with Gasteiger partial charge in [0.1, 0.15) is 11.4 Å². The van der Waals surface area contributed by atoms with E-state index in [0.29, 0.717) is 18.0 Å². The SMILES string of the molecule is CN(C)Cc1nc2ccc(NC(=O)c3n[nH]c4c3COC4(C)C)cc2[nH]1. The molecule has 0 radical (unpaired) electrons. The number of hydrogen-bond acceptors (Lipinski definition) is 5.